The number of amides is 1. The van der Waals surface area contributed by atoms with Crippen molar-refractivity contribution in [2.24, 2.45) is 0 Å². The average molecular weight is 311 g/mol. The number of nitrogens with one attached hydrogen (secondary N) is 1. The fourth-order valence-corrected chi connectivity index (χ4v) is 2.83. The Morgan fingerprint density at radius 2 is 1.83 bits per heavy atom. The van der Waals surface area contributed by atoms with Gasteiger partial charge >= 0.3 is 0 Å². The number of carbonyl (C=O) groups excluding carboxylic acids is 1. The van der Waals surface area contributed by atoms with Crippen molar-refractivity contribution in [1.82, 2.24) is 5.32 Å². The molecule has 2 rings (SSSR count). The Hall–Kier alpha value is -2.13. The van der Waals surface area contributed by atoms with Crippen LogP contribution in [0.1, 0.15) is 18.9 Å². The number of quaternary nitrogens is 1. The molecule has 1 amide bonds. The van der Waals surface area contributed by atoms with Gasteiger partial charge in [0.1, 0.15) is 6.54 Å². The molecule has 0 spiro atoms. The van der Waals surface area contributed by atoms with E-state index in [0.717, 1.165) is 24.0 Å². The lowest BCUT2D eigenvalue weighted by molar-refractivity contribution is -0.903. The molecular weight excluding hydrogens is 284 g/mol. The second-order valence-electron chi connectivity index (χ2n) is 6.85. The number of benzene rings is 2. The zero-order valence-electron chi connectivity index (χ0n) is 14.4. The third kappa shape index (κ3) is 4.93. The van der Waals surface area contributed by atoms with Gasteiger partial charge in [0, 0.05) is 24.1 Å². The maximum absolute atomic E-state index is 11.5. The van der Waals surface area contributed by atoms with E-state index in [0.29, 0.717) is 12.1 Å². The number of carbonyl (C=O) groups is 1. The van der Waals surface area contributed by atoms with Crippen LogP contribution in [0.5, 0.6) is 0 Å². The maximum atomic E-state index is 11.5. The van der Waals surface area contributed by atoms with Crippen LogP contribution in [-0.2, 0) is 11.3 Å². The minimum atomic E-state index is -0.0515. The molecule has 0 fully saturated rings. The monoisotopic (exact) mass is 311 g/mol. The van der Waals surface area contributed by atoms with Gasteiger partial charge in [-0.2, -0.15) is 0 Å². The number of hydrogen-bond acceptors (Lipinski definition) is 1. The summed E-state index contributed by atoms with van der Waals surface area (Å²) >= 11 is 0. The van der Waals surface area contributed by atoms with E-state index in [2.05, 4.69) is 68.5 Å². The van der Waals surface area contributed by atoms with E-state index in [1.165, 1.54) is 16.3 Å². The fourth-order valence-electron chi connectivity index (χ4n) is 2.83. The third-order valence-electron chi connectivity index (χ3n) is 4.09. The van der Waals surface area contributed by atoms with E-state index in [1.54, 1.807) is 6.92 Å². The molecule has 0 bridgehead atoms. The van der Waals surface area contributed by atoms with Crippen LogP contribution in [0.15, 0.2) is 54.6 Å². The van der Waals surface area contributed by atoms with Gasteiger partial charge in [0.15, 0.2) is 0 Å². The molecule has 1 N–H and O–H groups in total. The number of fused-ring (bicyclic) bond motifs is 1. The van der Waals surface area contributed by atoms with Crippen LogP contribution >= 0.6 is 0 Å². The van der Waals surface area contributed by atoms with Gasteiger partial charge in [0.05, 0.1) is 20.6 Å². The first kappa shape index (κ1) is 17.2. The van der Waals surface area contributed by atoms with Crippen molar-refractivity contribution in [1.29, 1.82) is 0 Å². The van der Waals surface area contributed by atoms with E-state index in [-0.39, 0.29) is 5.91 Å². The predicted molar refractivity (Wildman–Crippen MR) is 97.1 cm³/mol. The smallest absolute Gasteiger partial charge is 0.246 e. The Labute approximate surface area is 139 Å². The van der Waals surface area contributed by atoms with Gasteiger partial charge in [0.2, 0.25) is 5.91 Å². The fraction of sp³-hybridized carbons (Fsp3) is 0.350. The average Bonchev–Trinajstić information content (AvgIpc) is 2.51. The molecule has 2 aromatic rings. The molecule has 3 heteroatoms. The zero-order valence-corrected chi connectivity index (χ0v) is 14.4. The molecule has 23 heavy (non-hydrogen) atoms. The van der Waals surface area contributed by atoms with Crippen LogP contribution in [0.2, 0.25) is 0 Å². The van der Waals surface area contributed by atoms with E-state index in [9.17, 15) is 4.79 Å². The predicted octanol–water partition coefficient (Wildman–Crippen LogP) is 3.50. The number of hydrogen-bond donors (Lipinski definition) is 1. The number of rotatable bonds is 7. The largest absolute Gasteiger partial charge is 0.352 e. The summed E-state index contributed by atoms with van der Waals surface area (Å²) in [5.74, 6) is -0.0515. The lowest BCUT2D eigenvalue weighted by Gasteiger charge is -2.30. The van der Waals surface area contributed by atoms with Gasteiger partial charge < -0.3 is 9.80 Å². The molecule has 0 aliphatic rings. The molecule has 0 aliphatic carbocycles. The Morgan fingerprint density at radius 3 is 2.57 bits per heavy atom. The highest BCUT2D eigenvalue weighted by Crippen LogP contribution is 2.21. The first-order valence-corrected chi connectivity index (χ1v) is 8.11. The van der Waals surface area contributed by atoms with Gasteiger partial charge in [-0.1, -0.05) is 49.0 Å². The molecule has 3 nitrogen and oxygen atoms in total. The summed E-state index contributed by atoms with van der Waals surface area (Å²) in [6.45, 7) is 8.08. The van der Waals surface area contributed by atoms with E-state index in [1.807, 2.05) is 0 Å². The highest BCUT2D eigenvalue weighted by atomic mass is 16.1. The zero-order chi connectivity index (χ0) is 16.9. The Morgan fingerprint density at radius 1 is 1.13 bits per heavy atom. The Kier molecular flexibility index (Phi) is 5.56. The quantitative estimate of drug-likeness (QED) is 0.473. The minimum absolute atomic E-state index is 0.0515. The van der Waals surface area contributed by atoms with Crippen LogP contribution in [0.4, 0.5) is 0 Å². The van der Waals surface area contributed by atoms with Gasteiger partial charge in [0.25, 0.3) is 0 Å². The summed E-state index contributed by atoms with van der Waals surface area (Å²) in [5.41, 5.74) is 1.94. The first-order chi connectivity index (χ1) is 10.9. The Balaban J connectivity index is 1.95. The molecule has 0 aliphatic heterocycles. The molecule has 122 valence electrons. The SMILES string of the molecule is C=C(C)C(=O)NCCC[N+](C)(C)Cc1cccc2ccccc12. The minimum Gasteiger partial charge on any atom is -0.352 e. The van der Waals surface area contributed by atoms with E-state index >= 15 is 0 Å². The van der Waals surface area contributed by atoms with Gasteiger partial charge in [-0.25, -0.2) is 0 Å². The van der Waals surface area contributed by atoms with Crippen LogP contribution in [0, 0.1) is 0 Å². The van der Waals surface area contributed by atoms with Crippen molar-refractivity contribution < 1.29 is 9.28 Å². The lowest BCUT2D eigenvalue weighted by atomic mass is 10.0. The lowest BCUT2D eigenvalue weighted by Crippen LogP contribution is -2.41. The van der Waals surface area contributed by atoms with Crippen molar-refractivity contribution in [3.05, 3.63) is 60.2 Å². The summed E-state index contributed by atoms with van der Waals surface area (Å²) in [6, 6.07) is 15.0. The van der Waals surface area contributed by atoms with Crippen LogP contribution < -0.4 is 5.32 Å². The van der Waals surface area contributed by atoms with Crippen LogP contribution in [0.25, 0.3) is 10.8 Å². The molecule has 0 aromatic heterocycles. The van der Waals surface area contributed by atoms with Gasteiger partial charge in [-0.15, -0.1) is 0 Å². The normalized spacial score (nSPS) is 11.4. The van der Waals surface area contributed by atoms with Crippen LogP contribution in [0.3, 0.4) is 0 Å². The van der Waals surface area contributed by atoms with Crippen molar-refractivity contribution in [3.8, 4) is 0 Å². The topological polar surface area (TPSA) is 29.1 Å². The van der Waals surface area contributed by atoms with Crippen molar-refractivity contribution >= 4 is 16.7 Å². The summed E-state index contributed by atoms with van der Waals surface area (Å²) in [5, 5.41) is 5.52. The molecule has 0 saturated carbocycles. The number of nitrogens with zero attached hydrogens (tertiary/aromatic N) is 1. The van der Waals surface area contributed by atoms with Crippen molar-refractivity contribution in [2.75, 3.05) is 27.2 Å². The third-order valence-corrected chi connectivity index (χ3v) is 4.09. The standard InChI is InChI=1S/C20H26N2O/c1-16(2)20(23)21-13-8-14-22(3,4)15-18-11-7-10-17-9-5-6-12-19(17)18/h5-7,9-12H,1,8,13-15H2,2-4H3/p+1. The van der Waals surface area contributed by atoms with Crippen molar-refractivity contribution in [2.45, 2.75) is 19.9 Å². The maximum Gasteiger partial charge on any atom is 0.246 e. The molecule has 0 atom stereocenters. The van der Waals surface area contributed by atoms with Gasteiger partial charge in [-0.3, -0.25) is 4.79 Å². The Bertz CT molecular complexity index is 698. The molecule has 0 unspecified atom stereocenters. The van der Waals surface area contributed by atoms with E-state index < -0.39 is 0 Å². The molecule has 0 radical (unpaired) electrons. The molecular formula is C20H27N2O+. The molecule has 0 saturated heterocycles. The highest BCUT2D eigenvalue weighted by Gasteiger charge is 2.17. The van der Waals surface area contributed by atoms with E-state index in [4.69, 9.17) is 0 Å². The first-order valence-electron chi connectivity index (χ1n) is 8.11. The summed E-state index contributed by atoms with van der Waals surface area (Å²) in [4.78, 5) is 11.5. The highest BCUT2D eigenvalue weighted by molar-refractivity contribution is 5.92. The molecule has 2 aromatic carbocycles. The second kappa shape index (κ2) is 7.42. The van der Waals surface area contributed by atoms with Crippen molar-refractivity contribution in [3.63, 3.8) is 0 Å². The summed E-state index contributed by atoms with van der Waals surface area (Å²) < 4.78 is 0.900. The summed E-state index contributed by atoms with van der Waals surface area (Å²) in [6.07, 6.45) is 0.955. The summed E-state index contributed by atoms with van der Waals surface area (Å²) in [7, 11) is 4.48. The molecule has 0 heterocycles. The second-order valence-corrected chi connectivity index (χ2v) is 6.85. The van der Waals surface area contributed by atoms with Gasteiger partial charge in [-0.05, 0) is 17.7 Å². The van der Waals surface area contributed by atoms with Crippen LogP contribution in [-0.4, -0.2) is 37.6 Å².